The molecule has 4 heteroatoms. The van der Waals surface area contributed by atoms with Crippen molar-refractivity contribution >= 4 is 11.6 Å². The SMILES string of the molecule is Nc1ccccc1CCC(=O)NC1CC2(CCCC2)Oc2ccccc21. The number of anilines is 1. The van der Waals surface area contributed by atoms with Crippen LogP contribution in [0.15, 0.2) is 48.5 Å². The van der Waals surface area contributed by atoms with E-state index in [9.17, 15) is 4.79 Å². The molecule has 1 heterocycles. The Morgan fingerprint density at radius 2 is 1.85 bits per heavy atom. The van der Waals surface area contributed by atoms with E-state index in [1.807, 2.05) is 42.5 Å². The molecule has 2 aromatic rings. The minimum atomic E-state index is -0.101. The van der Waals surface area contributed by atoms with Crippen molar-refractivity contribution in [3.8, 4) is 5.75 Å². The molecule has 1 saturated carbocycles. The summed E-state index contributed by atoms with van der Waals surface area (Å²) >= 11 is 0. The summed E-state index contributed by atoms with van der Waals surface area (Å²) in [6.45, 7) is 0. The molecular weight excluding hydrogens is 324 g/mol. The van der Waals surface area contributed by atoms with Gasteiger partial charge in [-0.1, -0.05) is 36.4 Å². The van der Waals surface area contributed by atoms with Crippen LogP contribution in [0, 0.1) is 0 Å². The highest BCUT2D eigenvalue weighted by atomic mass is 16.5. The smallest absolute Gasteiger partial charge is 0.220 e. The summed E-state index contributed by atoms with van der Waals surface area (Å²) in [5.41, 5.74) is 8.76. The summed E-state index contributed by atoms with van der Waals surface area (Å²) in [4.78, 5) is 12.6. The van der Waals surface area contributed by atoms with Gasteiger partial charge in [-0.3, -0.25) is 4.79 Å². The largest absolute Gasteiger partial charge is 0.487 e. The molecule has 2 aromatic carbocycles. The maximum atomic E-state index is 12.6. The number of amides is 1. The fraction of sp³-hybridized carbons (Fsp3) is 0.409. The lowest BCUT2D eigenvalue weighted by molar-refractivity contribution is -0.122. The maximum absolute atomic E-state index is 12.6. The van der Waals surface area contributed by atoms with Crippen molar-refractivity contribution in [2.75, 3.05) is 5.73 Å². The molecule has 3 N–H and O–H groups in total. The Morgan fingerprint density at radius 3 is 2.65 bits per heavy atom. The molecule has 1 aliphatic carbocycles. The zero-order valence-electron chi connectivity index (χ0n) is 15.0. The van der Waals surface area contributed by atoms with E-state index in [-0.39, 0.29) is 17.6 Å². The lowest BCUT2D eigenvalue weighted by atomic mass is 9.86. The number of hydrogen-bond acceptors (Lipinski definition) is 3. The number of para-hydroxylation sites is 2. The number of ether oxygens (including phenoxy) is 1. The van der Waals surface area contributed by atoms with Crippen molar-refractivity contribution in [1.82, 2.24) is 5.32 Å². The van der Waals surface area contributed by atoms with Crippen LogP contribution in [-0.4, -0.2) is 11.5 Å². The van der Waals surface area contributed by atoms with Crippen LogP contribution < -0.4 is 15.8 Å². The van der Waals surface area contributed by atoms with Gasteiger partial charge in [-0.05, 0) is 49.8 Å². The first-order chi connectivity index (χ1) is 12.7. The van der Waals surface area contributed by atoms with E-state index in [2.05, 4.69) is 11.4 Å². The Bertz CT molecular complexity index is 796. The number of carbonyl (C=O) groups excluding carboxylic acids is 1. The Balaban J connectivity index is 1.46. The Kier molecular flexibility index (Phi) is 4.58. The third-order valence-corrected chi connectivity index (χ3v) is 5.72. The maximum Gasteiger partial charge on any atom is 0.220 e. The predicted octanol–water partition coefficient (Wildman–Crippen LogP) is 4.15. The van der Waals surface area contributed by atoms with Crippen LogP contribution >= 0.6 is 0 Å². The monoisotopic (exact) mass is 350 g/mol. The van der Waals surface area contributed by atoms with Crippen LogP contribution in [-0.2, 0) is 11.2 Å². The minimum Gasteiger partial charge on any atom is -0.487 e. The lowest BCUT2D eigenvalue weighted by Crippen LogP contribution is -2.43. The number of benzene rings is 2. The second-order valence-electron chi connectivity index (χ2n) is 7.55. The zero-order chi connectivity index (χ0) is 18.0. The molecule has 1 amide bonds. The Hall–Kier alpha value is -2.49. The second kappa shape index (κ2) is 7.02. The highest BCUT2D eigenvalue weighted by Crippen LogP contribution is 2.47. The molecule has 0 saturated heterocycles. The molecule has 1 unspecified atom stereocenters. The average molecular weight is 350 g/mol. The normalized spacial score (nSPS) is 20.4. The van der Waals surface area contributed by atoms with Gasteiger partial charge in [0.2, 0.25) is 5.91 Å². The fourth-order valence-corrected chi connectivity index (χ4v) is 4.35. The quantitative estimate of drug-likeness (QED) is 0.814. The number of fused-ring (bicyclic) bond motifs is 1. The molecule has 136 valence electrons. The lowest BCUT2D eigenvalue weighted by Gasteiger charge is -2.40. The van der Waals surface area contributed by atoms with Crippen LogP contribution in [0.25, 0.3) is 0 Å². The average Bonchev–Trinajstić information content (AvgIpc) is 3.08. The Labute approximate surface area is 154 Å². The van der Waals surface area contributed by atoms with Crippen LogP contribution in [0.2, 0.25) is 0 Å². The van der Waals surface area contributed by atoms with Gasteiger partial charge in [0.05, 0.1) is 6.04 Å². The highest BCUT2D eigenvalue weighted by molar-refractivity contribution is 5.77. The molecule has 1 fully saturated rings. The molecule has 0 aromatic heterocycles. The summed E-state index contributed by atoms with van der Waals surface area (Å²) in [5.74, 6) is 1.00. The molecule has 4 rings (SSSR count). The molecule has 0 bridgehead atoms. The minimum absolute atomic E-state index is 0.0265. The summed E-state index contributed by atoms with van der Waals surface area (Å²) in [7, 11) is 0. The van der Waals surface area contributed by atoms with Gasteiger partial charge in [-0.25, -0.2) is 0 Å². The summed E-state index contributed by atoms with van der Waals surface area (Å²) in [6, 6.07) is 15.9. The number of aryl methyl sites for hydroxylation is 1. The van der Waals surface area contributed by atoms with Crippen molar-refractivity contribution in [1.29, 1.82) is 0 Å². The number of nitrogens with one attached hydrogen (secondary N) is 1. The molecule has 2 aliphatic rings. The summed E-state index contributed by atoms with van der Waals surface area (Å²) in [5, 5.41) is 3.26. The van der Waals surface area contributed by atoms with Crippen molar-refractivity contribution < 1.29 is 9.53 Å². The number of nitrogens with two attached hydrogens (primary N) is 1. The Morgan fingerprint density at radius 1 is 1.12 bits per heavy atom. The van der Waals surface area contributed by atoms with Gasteiger partial charge in [-0.2, -0.15) is 0 Å². The molecular formula is C22H26N2O2. The van der Waals surface area contributed by atoms with E-state index in [1.165, 1.54) is 12.8 Å². The van der Waals surface area contributed by atoms with Gasteiger partial charge in [0.1, 0.15) is 11.4 Å². The van der Waals surface area contributed by atoms with E-state index in [0.29, 0.717) is 12.8 Å². The number of carbonyl (C=O) groups is 1. The van der Waals surface area contributed by atoms with E-state index in [4.69, 9.17) is 10.5 Å². The number of hydrogen-bond donors (Lipinski definition) is 2. The van der Waals surface area contributed by atoms with E-state index in [1.54, 1.807) is 0 Å². The first-order valence-electron chi connectivity index (χ1n) is 9.56. The van der Waals surface area contributed by atoms with E-state index in [0.717, 1.165) is 41.8 Å². The van der Waals surface area contributed by atoms with Gasteiger partial charge in [-0.15, -0.1) is 0 Å². The van der Waals surface area contributed by atoms with Gasteiger partial charge >= 0.3 is 0 Å². The third-order valence-electron chi connectivity index (χ3n) is 5.72. The molecule has 26 heavy (non-hydrogen) atoms. The van der Waals surface area contributed by atoms with Gasteiger partial charge in [0, 0.05) is 24.1 Å². The van der Waals surface area contributed by atoms with Crippen LogP contribution in [0.3, 0.4) is 0 Å². The van der Waals surface area contributed by atoms with Crippen molar-refractivity contribution in [3.63, 3.8) is 0 Å². The summed E-state index contributed by atoms with van der Waals surface area (Å²) in [6.07, 6.45) is 6.53. The second-order valence-corrected chi connectivity index (χ2v) is 7.55. The predicted molar refractivity (Wildman–Crippen MR) is 103 cm³/mol. The zero-order valence-corrected chi connectivity index (χ0v) is 15.0. The molecule has 1 spiro atoms. The number of nitrogen functional groups attached to an aromatic ring is 1. The highest BCUT2D eigenvalue weighted by Gasteiger charge is 2.43. The first-order valence-corrected chi connectivity index (χ1v) is 9.56. The van der Waals surface area contributed by atoms with Crippen LogP contribution in [0.1, 0.15) is 55.7 Å². The first kappa shape index (κ1) is 17.0. The van der Waals surface area contributed by atoms with Crippen molar-refractivity contribution in [2.24, 2.45) is 0 Å². The van der Waals surface area contributed by atoms with Gasteiger partial charge < -0.3 is 15.8 Å². The topological polar surface area (TPSA) is 64.4 Å². The van der Waals surface area contributed by atoms with Crippen LogP contribution in [0.5, 0.6) is 5.75 Å². The standard InChI is InChI=1S/C22H26N2O2/c23-18-9-3-1-7-16(18)11-12-21(25)24-19-15-22(13-5-6-14-22)26-20-10-4-2-8-17(19)20/h1-4,7-10,19H,5-6,11-15,23H2,(H,24,25). The fourth-order valence-electron chi connectivity index (χ4n) is 4.35. The molecule has 1 atom stereocenters. The van der Waals surface area contributed by atoms with Crippen LogP contribution in [0.4, 0.5) is 5.69 Å². The third kappa shape index (κ3) is 3.41. The van der Waals surface area contributed by atoms with Crippen molar-refractivity contribution in [2.45, 2.75) is 56.6 Å². The van der Waals surface area contributed by atoms with Gasteiger partial charge in [0.15, 0.2) is 0 Å². The molecule has 4 nitrogen and oxygen atoms in total. The molecule has 1 aliphatic heterocycles. The molecule has 0 radical (unpaired) electrons. The van der Waals surface area contributed by atoms with E-state index >= 15 is 0 Å². The number of rotatable bonds is 4. The van der Waals surface area contributed by atoms with E-state index < -0.39 is 0 Å². The summed E-state index contributed by atoms with van der Waals surface area (Å²) < 4.78 is 6.37. The van der Waals surface area contributed by atoms with Gasteiger partial charge in [0.25, 0.3) is 0 Å². The van der Waals surface area contributed by atoms with Crippen molar-refractivity contribution in [3.05, 3.63) is 59.7 Å².